The van der Waals surface area contributed by atoms with Gasteiger partial charge in [0, 0.05) is 12.7 Å². The summed E-state index contributed by atoms with van der Waals surface area (Å²) in [6, 6.07) is 1.67. The van der Waals surface area contributed by atoms with Crippen LogP contribution in [0.4, 0.5) is 17.6 Å². The molecule has 4 nitrogen and oxygen atoms in total. The Hall–Kier alpha value is -1.28. The van der Waals surface area contributed by atoms with Gasteiger partial charge in [-0.3, -0.25) is 0 Å². The van der Waals surface area contributed by atoms with Crippen molar-refractivity contribution in [3.8, 4) is 0 Å². The van der Waals surface area contributed by atoms with E-state index in [-0.39, 0.29) is 12.4 Å². The second-order valence-electron chi connectivity index (χ2n) is 3.80. The van der Waals surface area contributed by atoms with Gasteiger partial charge in [0.15, 0.2) is 5.82 Å². The number of aromatic nitrogens is 2. The first-order chi connectivity index (χ1) is 8.95. The molecule has 0 radical (unpaired) electrons. The third kappa shape index (κ3) is 5.48. The summed E-state index contributed by atoms with van der Waals surface area (Å²) in [6.07, 6.45) is -2.28. The second-order valence-corrected chi connectivity index (χ2v) is 3.80. The van der Waals surface area contributed by atoms with E-state index < -0.39 is 19.0 Å². The molecule has 8 heteroatoms. The van der Waals surface area contributed by atoms with Gasteiger partial charge in [-0.1, -0.05) is 6.92 Å². The lowest BCUT2D eigenvalue weighted by atomic mass is 10.4. The van der Waals surface area contributed by atoms with Crippen LogP contribution in [-0.2, 0) is 17.9 Å². The van der Waals surface area contributed by atoms with E-state index in [9.17, 15) is 17.6 Å². The molecule has 0 aromatic carbocycles. The normalized spacial score (nSPS) is 12.1. The summed E-state index contributed by atoms with van der Waals surface area (Å²) in [6.45, 7) is 1.51. The fourth-order valence-corrected chi connectivity index (χ4v) is 1.20. The largest absolute Gasteiger partial charge is 0.367 e. The topological polar surface area (TPSA) is 47.0 Å². The summed E-state index contributed by atoms with van der Waals surface area (Å²) in [4.78, 5) is 7.86. The van der Waals surface area contributed by atoms with Gasteiger partial charge in [-0.2, -0.15) is 8.78 Å². The number of alkyl halides is 4. The molecule has 0 amide bonds. The van der Waals surface area contributed by atoms with Crippen LogP contribution in [0.25, 0.3) is 0 Å². The highest BCUT2D eigenvalue weighted by Crippen LogP contribution is 2.23. The van der Waals surface area contributed by atoms with E-state index in [1.165, 1.54) is 6.20 Å². The van der Waals surface area contributed by atoms with Gasteiger partial charge in [0.2, 0.25) is 0 Å². The number of hydrogen-bond acceptors (Lipinski definition) is 4. The van der Waals surface area contributed by atoms with Crippen LogP contribution in [0.5, 0.6) is 0 Å². The molecular weight excluding hydrogens is 266 g/mol. The summed E-state index contributed by atoms with van der Waals surface area (Å²) < 4.78 is 53.4. The van der Waals surface area contributed by atoms with E-state index in [2.05, 4.69) is 20.0 Å². The number of rotatable bonds is 8. The van der Waals surface area contributed by atoms with Crippen LogP contribution in [0.3, 0.4) is 0 Å². The highest BCUT2D eigenvalue weighted by molar-refractivity contribution is 5.01. The Bertz CT molecular complexity index is 390. The van der Waals surface area contributed by atoms with E-state index in [0.29, 0.717) is 12.2 Å². The molecule has 1 rings (SSSR count). The Morgan fingerprint density at radius 1 is 1.42 bits per heavy atom. The van der Waals surface area contributed by atoms with Crippen LogP contribution in [-0.4, -0.2) is 35.5 Å². The van der Waals surface area contributed by atoms with Crippen LogP contribution in [0.15, 0.2) is 12.3 Å². The Morgan fingerprint density at radius 3 is 2.79 bits per heavy atom. The first-order valence-electron chi connectivity index (χ1n) is 5.71. The maximum absolute atomic E-state index is 12.6. The molecule has 0 atom stereocenters. The molecule has 1 aromatic heterocycles. The summed E-state index contributed by atoms with van der Waals surface area (Å²) >= 11 is 0. The predicted molar refractivity (Wildman–Crippen MR) is 60.0 cm³/mol. The first kappa shape index (κ1) is 15.8. The summed E-state index contributed by atoms with van der Waals surface area (Å²) in [5.74, 6) is -3.97. The fourth-order valence-electron chi connectivity index (χ4n) is 1.20. The number of nitrogens with one attached hydrogen (secondary N) is 1. The molecule has 0 saturated carbocycles. The average molecular weight is 281 g/mol. The van der Waals surface area contributed by atoms with Crippen LogP contribution in [0, 0.1) is 0 Å². The monoisotopic (exact) mass is 281 g/mol. The number of ether oxygens (including phenoxy) is 1. The molecule has 0 spiro atoms. The van der Waals surface area contributed by atoms with Gasteiger partial charge in [-0.25, -0.2) is 18.7 Å². The maximum Gasteiger partial charge on any atom is 0.330 e. The van der Waals surface area contributed by atoms with Crippen molar-refractivity contribution in [2.24, 2.45) is 0 Å². The summed E-state index contributed by atoms with van der Waals surface area (Å²) in [5, 5.41) is 3.04. The van der Waals surface area contributed by atoms with E-state index in [1.54, 1.807) is 6.07 Å². The smallest absolute Gasteiger partial charge is 0.330 e. The molecular formula is C11H15F4N3O. The minimum atomic E-state index is -4.15. The summed E-state index contributed by atoms with van der Waals surface area (Å²) in [5.41, 5.74) is 0.677. The highest BCUT2D eigenvalue weighted by atomic mass is 19.3. The van der Waals surface area contributed by atoms with Crippen molar-refractivity contribution in [1.82, 2.24) is 15.3 Å². The number of halogens is 4. The molecule has 0 aliphatic carbocycles. The Morgan fingerprint density at radius 2 is 2.16 bits per heavy atom. The van der Waals surface area contributed by atoms with E-state index in [1.807, 2.05) is 6.92 Å². The molecule has 0 unspecified atom stereocenters. The highest BCUT2D eigenvalue weighted by Gasteiger charge is 2.40. The zero-order chi connectivity index (χ0) is 14.3. The minimum Gasteiger partial charge on any atom is -0.367 e. The first-order valence-corrected chi connectivity index (χ1v) is 5.71. The molecule has 0 saturated heterocycles. The van der Waals surface area contributed by atoms with Gasteiger partial charge in [0.1, 0.15) is 13.2 Å². The van der Waals surface area contributed by atoms with Crippen molar-refractivity contribution < 1.29 is 22.3 Å². The van der Waals surface area contributed by atoms with Crippen molar-refractivity contribution in [3.05, 3.63) is 23.8 Å². The van der Waals surface area contributed by atoms with E-state index in [4.69, 9.17) is 0 Å². The van der Waals surface area contributed by atoms with Crippen molar-refractivity contribution in [3.63, 3.8) is 0 Å². The maximum atomic E-state index is 12.6. The molecule has 1 N–H and O–H groups in total. The lowest BCUT2D eigenvalue weighted by Gasteiger charge is -2.14. The quantitative estimate of drug-likeness (QED) is 0.740. The van der Waals surface area contributed by atoms with Gasteiger partial charge in [0.25, 0.3) is 0 Å². The average Bonchev–Trinajstić information content (AvgIpc) is 2.36. The van der Waals surface area contributed by atoms with Crippen molar-refractivity contribution in [2.75, 3.05) is 13.2 Å². The van der Waals surface area contributed by atoms with E-state index in [0.717, 1.165) is 6.54 Å². The lowest BCUT2D eigenvalue weighted by Crippen LogP contribution is -2.32. The van der Waals surface area contributed by atoms with Gasteiger partial charge in [0.05, 0.1) is 5.69 Å². The molecule has 0 aliphatic rings. The zero-order valence-electron chi connectivity index (χ0n) is 10.4. The van der Waals surface area contributed by atoms with E-state index >= 15 is 0 Å². The molecule has 0 aliphatic heterocycles. The predicted octanol–water partition coefficient (Wildman–Crippen LogP) is 2.00. The van der Waals surface area contributed by atoms with Gasteiger partial charge in [-0.05, 0) is 12.6 Å². The Kier molecular flexibility index (Phi) is 6.10. The van der Waals surface area contributed by atoms with Crippen LogP contribution < -0.4 is 5.32 Å². The van der Waals surface area contributed by atoms with Crippen molar-refractivity contribution >= 4 is 0 Å². The zero-order valence-corrected chi connectivity index (χ0v) is 10.4. The van der Waals surface area contributed by atoms with Crippen LogP contribution in [0.2, 0.25) is 0 Å². The molecule has 1 aromatic rings. The Balaban J connectivity index is 2.45. The third-order valence-corrected chi connectivity index (χ3v) is 2.16. The van der Waals surface area contributed by atoms with Gasteiger partial charge < -0.3 is 10.1 Å². The van der Waals surface area contributed by atoms with Gasteiger partial charge in [-0.15, -0.1) is 0 Å². The number of nitrogens with zero attached hydrogens (tertiary/aromatic N) is 2. The molecule has 19 heavy (non-hydrogen) atoms. The van der Waals surface area contributed by atoms with Crippen molar-refractivity contribution in [1.29, 1.82) is 0 Å². The molecule has 0 bridgehead atoms. The molecule has 108 valence electrons. The number of hydrogen-bond donors (Lipinski definition) is 1. The van der Waals surface area contributed by atoms with Crippen LogP contribution in [0.1, 0.15) is 18.4 Å². The lowest BCUT2D eigenvalue weighted by molar-refractivity contribution is -0.168. The summed E-state index contributed by atoms with van der Waals surface area (Å²) in [7, 11) is 0. The van der Waals surface area contributed by atoms with Crippen molar-refractivity contribution in [2.45, 2.75) is 32.4 Å². The molecule has 0 fully saturated rings. The SMILES string of the molecule is CCNCc1ccnc(COCC(F)(F)C(F)F)n1. The second kappa shape index (κ2) is 7.34. The standard InChI is InChI=1S/C11H15F4N3O/c1-2-16-5-8-3-4-17-9(18-8)6-19-7-11(14,15)10(12)13/h3-4,10,16H,2,5-7H2,1H3. The third-order valence-electron chi connectivity index (χ3n) is 2.16. The van der Waals surface area contributed by atoms with Crippen LogP contribution >= 0.6 is 0 Å². The fraction of sp³-hybridized carbons (Fsp3) is 0.636. The van der Waals surface area contributed by atoms with Gasteiger partial charge >= 0.3 is 12.3 Å². The molecule has 1 heterocycles. The minimum absolute atomic E-state index is 0.181. The Labute approximate surface area is 108 Å².